The lowest BCUT2D eigenvalue weighted by atomic mass is 10.1. The molecule has 1 aromatic heterocycles. The first-order chi connectivity index (χ1) is 13.7. The zero-order valence-corrected chi connectivity index (χ0v) is 15.8. The van der Waals surface area contributed by atoms with Gasteiger partial charge in [-0.3, -0.25) is 0 Å². The van der Waals surface area contributed by atoms with Gasteiger partial charge >= 0.3 is 6.03 Å². The van der Waals surface area contributed by atoms with E-state index < -0.39 is 0 Å². The van der Waals surface area contributed by atoms with Crippen LogP contribution in [0.1, 0.15) is 30.0 Å². The second kappa shape index (κ2) is 7.76. The average molecular weight is 377 g/mol. The molecule has 0 atom stereocenters. The normalized spacial score (nSPS) is 13.3. The van der Waals surface area contributed by atoms with Crippen LogP contribution in [0.25, 0.3) is 11.3 Å². The third-order valence-electron chi connectivity index (χ3n) is 4.94. The summed E-state index contributed by atoms with van der Waals surface area (Å²) >= 11 is 0. The molecule has 28 heavy (non-hydrogen) atoms. The van der Waals surface area contributed by atoms with Crippen molar-refractivity contribution in [3.05, 3.63) is 65.9 Å². The molecule has 0 radical (unpaired) electrons. The first kappa shape index (κ1) is 18.1. The van der Waals surface area contributed by atoms with Crippen LogP contribution in [-0.4, -0.2) is 34.6 Å². The van der Waals surface area contributed by atoms with Crippen molar-refractivity contribution in [1.82, 2.24) is 15.1 Å². The Kier molecular flexibility index (Phi) is 5.02. The monoisotopic (exact) mass is 377 g/mol. The minimum Gasteiger partial charge on any atom is -0.507 e. The summed E-state index contributed by atoms with van der Waals surface area (Å²) in [7, 11) is 1.57. The van der Waals surface area contributed by atoms with Crippen LogP contribution >= 0.6 is 0 Å². The molecule has 1 saturated carbocycles. The lowest BCUT2D eigenvalue weighted by molar-refractivity contribution is 0.239. The van der Waals surface area contributed by atoms with Gasteiger partial charge in [-0.25, -0.2) is 4.79 Å². The Bertz CT molecular complexity index is 978. The molecule has 0 spiro atoms. The third-order valence-corrected chi connectivity index (χ3v) is 4.94. The zero-order valence-electron chi connectivity index (χ0n) is 15.8. The fourth-order valence-electron chi connectivity index (χ4n) is 3.24. The highest BCUT2D eigenvalue weighted by Gasteiger charge is 2.30. The SMILES string of the molecule is COc1ccc(O)c(-c2cc(C3CC3)n(C(=O)NCCc3ccccc3)n2)c1. The number of phenols is 1. The number of aromatic hydroxyl groups is 1. The van der Waals surface area contributed by atoms with Crippen LogP contribution in [0, 0.1) is 0 Å². The Hall–Kier alpha value is -3.28. The summed E-state index contributed by atoms with van der Waals surface area (Å²) in [6, 6.07) is 16.7. The number of amides is 1. The van der Waals surface area contributed by atoms with E-state index in [-0.39, 0.29) is 11.8 Å². The van der Waals surface area contributed by atoms with Crippen LogP contribution in [0.3, 0.4) is 0 Å². The fraction of sp³-hybridized carbons (Fsp3) is 0.273. The standard InChI is InChI=1S/C22H23N3O3/c1-28-17-9-10-21(26)18(13-17)19-14-20(16-7-8-16)25(24-19)22(27)23-12-11-15-5-3-2-4-6-15/h2-6,9-10,13-14,16,26H,7-8,11-12H2,1H3,(H,23,27). The Morgan fingerprint density at radius 3 is 2.71 bits per heavy atom. The smallest absolute Gasteiger partial charge is 0.342 e. The van der Waals surface area contributed by atoms with Crippen molar-refractivity contribution >= 4 is 6.03 Å². The molecular weight excluding hydrogens is 354 g/mol. The van der Waals surface area contributed by atoms with Gasteiger partial charge in [-0.15, -0.1) is 0 Å². The molecule has 0 bridgehead atoms. The fourth-order valence-corrected chi connectivity index (χ4v) is 3.24. The average Bonchev–Trinajstić information content (AvgIpc) is 3.47. The molecule has 3 aromatic rings. The molecule has 2 aromatic carbocycles. The van der Waals surface area contributed by atoms with Gasteiger partial charge in [0, 0.05) is 18.0 Å². The number of nitrogens with one attached hydrogen (secondary N) is 1. The van der Waals surface area contributed by atoms with Crippen LogP contribution in [0.5, 0.6) is 11.5 Å². The number of aromatic nitrogens is 2. The number of phenolic OH excluding ortho intramolecular Hbond substituents is 1. The maximum absolute atomic E-state index is 12.7. The maximum Gasteiger partial charge on any atom is 0.342 e. The van der Waals surface area contributed by atoms with E-state index in [1.807, 2.05) is 36.4 Å². The summed E-state index contributed by atoms with van der Waals surface area (Å²) < 4.78 is 6.69. The second-order valence-corrected chi connectivity index (χ2v) is 6.99. The van der Waals surface area contributed by atoms with Crippen LogP contribution in [0.15, 0.2) is 54.6 Å². The first-order valence-electron chi connectivity index (χ1n) is 9.45. The van der Waals surface area contributed by atoms with Gasteiger partial charge in [0.05, 0.1) is 18.5 Å². The van der Waals surface area contributed by atoms with E-state index in [1.54, 1.807) is 25.3 Å². The lowest BCUT2D eigenvalue weighted by Gasteiger charge is -2.08. The number of rotatable bonds is 6. The predicted octanol–water partition coefficient (Wildman–Crippen LogP) is 3.94. The van der Waals surface area contributed by atoms with Gasteiger partial charge < -0.3 is 15.2 Å². The van der Waals surface area contributed by atoms with Crippen molar-refractivity contribution in [3.8, 4) is 22.8 Å². The predicted molar refractivity (Wildman–Crippen MR) is 107 cm³/mol. The molecule has 1 fully saturated rings. The molecule has 0 saturated heterocycles. The van der Waals surface area contributed by atoms with Gasteiger partial charge in [-0.05, 0) is 49.1 Å². The van der Waals surface area contributed by atoms with Gasteiger partial charge in [0.2, 0.25) is 0 Å². The first-order valence-corrected chi connectivity index (χ1v) is 9.45. The van der Waals surface area contributed by atoms with Crippen molar-refractivity contribution < 1.29 is 14.6 Å². The Morgan fingerprint density at radius 1 is 1.21 bits per heavy atom. The summed E-state index contributed by atoms with van der Waals surface area (Å²) in [5.41, 5.74) is 3.18. The second-order valence-electron chi connectivity index (χ2n) is 6.99. The maximum atomic E-state index is 12.7. The van der Waals surface area contributed by atoms with Gasteiger partial charge in [-0.2, -0.15) is 9.78 Å². The number of ether oxygens (including phenoxy) is 1. The number of benzene rings is 2. The van der Waals surface area contributed by atoms with E-state index in [4.69, 9.17) is 4.74 Å². The molecule has 1 amide bonds. The summed E-state index contributed by atoms with van der Waals surface area (Å²) in [6.07, 6.45) is 2.86. The van der Waals surface area contributed by atoms with Crippen molar-refractivity contribution in [2.45, 2.75) is 25.2 Å². The Morgan fingerprint density at radius 2 is 2.00 bits per heavy atom. The van der Waals surface area contributed by atoms with E-state index in [0.717, 1.165) is 25.0 Å². The number of hydrogen-bond donors (Lipinski definition) is 2. The number of methoxy groups -OCH3 is 1. The van der Waals surface area contributed by atoms with Crippen molar-refractivity contribution in [2.24, 2.45) is 0 Å². The van der Waals surface area contributed by atoms with Crippen molar-refractivity contribution in [2.75, 3.05) is 13.7 Å². The zero-order chi connectivity index (χ0) is 19.5. The van der Waals surface area contributed by atoms with E-state index in [9.17, 15) is 9.90 Å². The van der Waals surface area contributed by atoms with Gasteiger partial charge in [0.25, 0.3) is 0 Å². The molecule has 6 nitrogen and oxygen atoms in total. The molecule has 4 rings (SSSR count). The summed E-state index contributed by atoms with van der Waals surface area (Å²) in [5, 5.41) is 17.7. The van der Waals surface area contributed by atoms with E-state index >= 15 is 0 Å². The minimum absolute atomic E-state index is 0.109. The number of carbonyl (C=O) groups is 1. The summed E-state index contributed by atoms with van der Waals surface area (Å²) in [4.78, 5) is 12.7. The van der Waals surface area contributed by atoms with Gasteiger partial charge in [0.15, 0.2) is 0 Å². The van der Waals surface area contributed by atoms with E-state index in [0.29, 0.717) is 29.5 Å². The van der Waals surface area contributed by atoms with Crippen LogP contribution < -0.4 is 10.1 Å². The van der Waals surface area contributed by atoms with E-state index in [1.165, 1.54) is 10.2 Å². The topological polar surface area (TPSA) is 76.4 Å². The van der Waals surface area contributed by atoms with Crippen LogP contribution in [-0.2, 0) is 6.42 Å². The largest absolute Gasteiger partial charge is 0.507 e. The molecule has 1 aliphatic rings. The van der Waals surface area contributed by atoms with Crippen molar-refractivity contribution in [1.29, 1.82) is 0 Å². The summed E-state index contributed by atoms with van der Waals surface area (Å²) in [5.74, 6) is 1.08. The molecule has 144 valence electrons. The molecule has 2 N–H and O–H groups in total. The Balaban J connectivity index is 1.54. The number of hydrogen-bond acceptors (Lipinski definition) is 4. The number of nitrogens with zero attached hydrogens (tertiary/aromatic N) is 2. The molecule has 0 unspecified atom stereocenters. The summed E-state index contributed by atoms with van der Waals surface area (Å²) in [6.45, 7) is 0.534. The molecule has 1 aliphatic carbocycles. The van der Waals surface area contributed by atoms with Crippen LogP contribution in [0.2, 0.25) is 0 Å². The highest BCUT2D eigenvalue weighted by atomic mass is 16.5. The van der Waals surface area contributed by atoms with Crippen LogP contribution in [0.4, 0.5) is 4.79 Å². The van der Waals surface area contributed by atoms with Crippen molar-refractivity contribution in [3.63, 3.8) is 0 Å². The Labute approximate surface area is 163 Å². The highest BCUT2D eigenvalue weighted by molar-refractivity contribution is 5.79. The van der Waals surface area contributed by atoms with E-state index in [2.05, 4.69) is 10.4 Å². The quantitative estimate of drug-likeness (QED) is 0.682. The highest BCUT2D eigenvalue weighted by Crippen LogP contribution is 2.42. The number of carbonyl (C=O) groups excluding carboxylic acids is 1. The van der Waals surface area contributed by atoms with Gasteiger partial charge in [-0.1, -0.05) is 30.3 Å². The lowest BCUT2D eigenvalue weighted by Crippen LogP contribution is -2.32. The molecular formula is C22H23N3O3. The third kappa shape index (κ3) is 3.86. The minimum atomic E-state index is -0.244. The molecule has 0 aliphatic heterocycles. The molecule has 6 heteroatoms. The van der Waals surface area contributed by atoms with Gasteiger partial charge in [0.1, 0.15) is 11.5 Å². The molecule has 1 heterocycles.